The fourth-order valence-electron chi connectivity index (χ4n) is 2.34. The average molecular weight is 208 g/mol. The molecular weight excluding hydrogens is 180 g/mol. The summed E-state index contributed by atoms with van der Waals surface area (Å²) in [6.07, 6.45) is 9.22. The lowest BCUT2D eigenvalue weighted by molar-refractivity contribution is 0.136. The molecule has 0 aromatic rings. The maximum absolute atomic E-state index is 2.49. The zero-order valence-electron chi connectivity index (χ0n) is 11.4. The van der Waals surface area contributed by atoms with Gasteiger partial charge >= 0.3 is 0 Å². The van der Waals surface area contributed by atoms with Crippen LogP contribution in [-0.2, 0) is 0 Å². The Balaban J connectivity index is 2.69. The molecule has 0 aliphatic heterocycles. The molecule has 0 heterocycles. The standard InChI is InChI=1S/C15H28/c1-14(2,3)11-10-13(15(4,5)6)12-8-7-9-12/h10-13H,7-9H2,1-6H3/b11-10+/t13-/m0/s1. The van der Waals surface area contributed by atoms with Crippen molar-refractivity contribution >= 4 is 0 Å². The van der Waals surface area contributed by atoms with Gasteiger partial charge in [-0.1, -0.05) is 60.1 Å². The van der Waals surface area contributed by atoms with Crippen LogP contribution in [0.3, 0.4) is 0 Å². The molecule has 1 saturated carbocycles. The SMILES string of the molecule is CC(C)(C)/C=C/[C@@H](C1CCC1)C(C)(C)C. The third-order valence-corrected chi connectivity index (χ3v) is 3.46. The smallest absolute Gasteiger partial charge is 0.0156 e. The van der Waals surface area contributed by atoms with Crippen molar-refractivity contribution in [3.05, 3.63) is 12.2 Å². The van der Waals surface area contributed by atoms with Crippen molar-refractivity contribution in [2.24, 2.45) is 22.7 Å². The predicted molar refractivity (Wildman–Crippen MR) is 68.9 cm³/mol. The van der Waals surface area contributed by atoms with Gasteiger partial charge in [0, 0.05) is 0 Å². The van der Waals surface area contributed by atoms with Crippen molar-refractivity contribution < 1.29 is 0 Å². The molecule has 0 spiro atoms. The fraction of sp³-hybridized carbons (Fsp3) is 0.867. The maximum Gasteiger partial charge on any atom is -0.0156 e. The topological polar surface area (TPSA) is 0 Å². The van der Waals surface area contributed by atoms with E-state index in [-0.39, 0.29) is 0 Å². The lowest BCUT2D eigenvalue weighted by Crippen LogP contribution is -2.31. The molecular formula is C15H28. The van der Waals surface area contributed by atoms with Crippen LogP contribution in [0.15, 0.2) is 12.2 Å². The third-order valence-electron chi connectivity index (χ3n) is 3.46. The van der Waals surface area contributed by atoms with Crippen LogP contribution in [0.1, 0.15) is 60.8 Å². The van der Waals surface area contributed by atoms with Crippen molar-refractivity contribution in [1.82, 2.24) is 0 Å². The monoisotopic (exact) mass is 208 g/mol. The number of rotatable bonds is 2. The Morgan fingerprint density at radius 2 is 1.53 bits per heavy atom. The van der Waals surface area contributed by atoms with E-state index < -0.39 is 0 Å². The second kappa shape index (κ2) is 4.31. The lowest BCUT2D eigenvalue weighted by Gasteiger charge is -2.40. The normalized spacial score (nSPS) is 21.7. The molecule has 1 fully saturated rings. The van der Waals surface area contributed by atoms with E-state index in [2.05, 4.69) is 53.7 Å². The third kappa shape index (κ3) is 4.01. The summed E-state index contributed by atoms with van der Waals surface area (Å²) in [4.78, 5) is 0. The molecule has 0 aromatic heterocycles. The second-order valence-electron chi connectivity index (χ2n) is 7.31. The van der Waals surface area contributed by atoms with E-state index in [1.165, 1.54) is 19.3 Å². The van der Waals surface area contributed by atoms with Crippen molar-refractivity contribution in [2.75, 3.05) is 0 Å². The van der Waals surface area contributed by atoms with Gasteiger partial charge in [-0.3, -0.25) is 0 Å². The minimum atomic E-state index is 0.327. The Hall–Kier alpha value is -0.260. The van der Waals surface area contributed by atoms with E-state index in [9.17, 15) is 0 Å². The molecule has 0 radical (unpaired) electrons. The first-order valence-electron chi connectivity index (χ1n) is 6.39. The summed E-state index contributed by atoms with van der Waals surface area (Å²) in [6, 6.07) is 0. The van der Waals surface area contributed by atoms with E-state index in [0.717, 1.165) is 11.8 Å². The van der Waals surface area contributed by atoms with Crippen molar-refractivity contribution in [3.63, 3.8) is 0 Å². The van der Waals surface area contributed by atoms with E-state index in [1.807, 2.05) is 0 Å². The number of allylic oxidation sites excluding steroid dienone is 2. The van der Waals surface area contributed by atoms with E-state index in [0.29, 0.717) is 10.8 Å². The van der Waals surface area contributed by atoms with Crippen molar-refractivity contribution in [3.8, 4) is 0 Å². The van der Waals surface area contributed by atoms with Gasteiger partial charge in [-0.2, -0.15) is 0 Å². The lowest BCUT2D eigenvalue weighted by atomic mass is 9.65. The predicted octanol–water partition coefficient (Wildman–Crippen LogP) is 5.05. The van der Waals surface area contributed by atoms with Crippen LogP contribution in [-0.4, -0.2) is 0 Å². The summed E-state index contributed by atoms with van der Waals surface area (Å²) in [5, 5.41) is 0. The quantitative estimate of drug-likeness (QED) is 0.557. The van der Waals surface area contributed by atoms with Crippen LogP contribution >= 0.6 is 0 Å². The highest BCUT2D eigenvalue weighted by molar-refractivity contribution is 5.02. The Bertz CT molecular complexity index is 217. The van der Waals surface area contributed by atoms with Gasteiger partial charge in [-0.25, -0.2) is 0 Å². The minimum absolute atomic E-state index is 0.327. The largest absolute Gasteiger partial charge is 0.0841 e. The Morgan fingerprint density at radius 3 is 1.80 bits per heavy atom. The van der Waals surface area contributed by atoms with Gasteiger partial charge in [0.05, 0.1) is 0 Å². The van der Waals surface area contributed by atoms with Gasteiger partial charge in [0.1, 0.15) is 0 Å². The van der Waals surface area contributed by atoms with Crippen LogP contribution in [0.4, 0.5) is 0 Å². The van der Waals surface area contributed by atoms with E-state index in [4.69, 9.17) is 0 Å². The van der Waals surface area contributed by atoms with Gasteiger partial charge < -0.3 is 0 Å². The van der Waals surface area contributed by atoms with Gasteiger partial charge in [0.25, 0.3) is 0 Å². The van der Waals surface area contributed by atoms with E-state index >= 15 is 0 Å². The molecule has 0 aromatic carbocycles. The van der Waals surface area contributed by atoms with Crippen LogP contribution < -0.4 is 0 Å². The molecule has 88 valence electrons. The van der Waals surface area contributed by atoms with Crippen molar-refractivity contribution in [1.29, 1.82) is 0 Å². The first-order valence-corrected chi connectivity index (χ1v) is 6.39. The molecule has 0 amide bonds. The molecule has 15 heavy (non-hydrogen) atoms. The zero-order chi connectivity index (χ0) is 11.7. The molecule has 1 atom stereocenters. The summed E-state index contributed by atoms with van der Waals surface area (Å²) in [5.74, 6) is 1.72. The molecule has 0 bridgehead atoms. The first kappa shape index (κ1) is 12.8. The van der Waals surface area contributed by atoms with Crippen LogP contribution in [0.2, 0.25) is 0 Å². The van der Waals surface area contributed by atoms with Crippen LogP contribution in [0.25, 0.3) is 0 Å². The molecule has 1 rings (SSSR count). The van der Waals surface area contributed by atoms with Gasteiger partial charge in [0.15, 0.2) is 0 Å². The second-order valence-corrected chi connectivity index (χ2v) is 7.31. The Kier molecular flexibility index (Phi) is 3.68. The molecule has 0 N–H and O–H groups in total. The van der Waals surface area contributed by atoms with E-state index in [1.54, 1.807) is 0 Å². The molecule has 0 saturated heterocycles. The molecule has 0 heteroatoms. The molecule has 0 nitrogen and oxygen atoms in total. The summed E-state index contributed by atoms with van der Waals surface area (Å²) in [7, 11) is 0. The highest BCUT2D eigenvalue weighted by Crippen LogP contribution is 2.43. The number of hydrogen-bond donors (Lipinski definition) is 0. The minimum Gasteiger partial charge on any atom is -0.0841 e. The van der Waals surface area contributed by atoms with Gasteiger partial charge in [0.2, 0.25) is 0 Å². The molecule has 0 unspecified atom stereocenters. The Morgan fingerprint density at radius 1 is 1.00 bits per heavy atom. The summed E-state index contributed by atoms with van der Waals surface area (Å²) < 4.78 is 0. The van der Waals surface area contributed by atoms with Gasteiger partial charge in [-0.05, 0) is 35.5 Å². The first-order chi connectivity index (χ1) is 6.70. The Labute approximate surface area is 96.2 Å². The number of hydrogen-bond acceptors (Lipinski definition) is 0. The highest BCUT2D eigenvalue weighted by atomic mass is 14.4. The summed E-state index contributed by atoms with van der Waals surface area (Å²) in [6.45, 7) is 14.0. The summed E-state index contributed by atoms with van der Waals surface area (Å²) in [5.41, 5.74) is 0.750. The van der Waals surface area contributed by atoms with Crippen LogP contribution in [0, 0.1) is 22.7 Å². The van der Waals surface area contributed by atoms with Gasteiger partial charge in [-0.15, -0.1) is 0 Å². The fourth-order valence-corrected chi connectivity index (χ4v) is 2.34. The molecule has 1 aliphatic carbocycles. The maximum atomic E-state index is 2.49. The molecule has 1 aliphatic rings. The highest BCUT2D eigenvalue weighted by Gasteiger charge is 2.33. The van der Waals surface area contributed by atoms with Crippen LogP contribution in [0.5, 0.6) is 0 Å². The average Bonchev–Trinajstić information content (AvgIpc) is 1.88. The van der Waals surface area contributed by atoms with Crippen molar-refractivity contribution in [2.45, 2.75) is 60.8 Å². The zero-order valence-corrected chi connectivity index (χ0v) is 11.4. The summed E-state index contributed by atoms with van der Waals surface area (Å²) >= 11 is 0.